The molecule has 0 heterocycles. The molecule has 2 aromatic rings. The molecule has 0 fully saturated rings. The third-order valence-corrected chi connectivity index (χ3v) is 3.64. The van der Waals surface area contributed by atoms with Crippen molar-refractivity contribution in [1.29, 1.82) is 0 Å². The topological polar surface area (TPSA) is 47.6 Å². The van der Waals surface area contributed by atoms with Gasteiger partial charge in [-0.2, -0.15) is 0 Å². The number of ether oxygens (including phenoxy) is 2. The van der Waals surface area contributed by atoms with Gasteiger partial charge in [0.1, 0.15) is 5.82 Å². The number of methoxy groups -OCH3 is 1. The van der Waals surface area contributed by atoms with Crippen molar-refractivity contribution < 1.29 is 18.7 Å². The summed E-state index contributed by atoms with van der Waals surface area (Å²) < 4.78 is 23.8. The van der Waals surface area contributed by atoms with Crippen LogP contribution in [-0.4, -0.2) is 19.6 Å². The quantitative estimate of drug-likeness (QED) is 0.841. The van der Waals surface area contributed by atoms with E-state index in [0.29, 0.717) is 11.5 Å². The van der Waals surface area contributed by atoms with E-state index in [1.807, 2.05) is 26.0 Å². The average Bonchev–Trinajstić information content (AvgIpc) is 2.58. The number of hydrogen-bond acceptors (Lipinski definition) is 3. The first kappa shape index (κ1) is 17.8. The molecule has 24 heavy (non-hydrogen) atoms. The third kappa shape index (κ3) is 4.72. The van der Waals surface area contributed by atoms with Gasteiger partial charge in [-0.3, -0.25) is 4.79 Å². The molecule has 0 bridgehead atoms. The lowest BCUT2D eigenvalue weighted by Crippen LogP contribution is -2.35. The van der Waals surface area contributed by atoms with Crippen molar-refractivity contribution in [2.75, 3.05) is 13.7 Å². The van der Waals surface area contributed by atoms with E-state index < -0.39 is 0 Å². The van der Waals surface area contributed by atoms with Crippen LogP contribution in [0.1, 0.15) is 25.5 Å². The van der Waals surface area contributed by atoms with Gasteiger partial charge in [-0.15, -0.1) is 0 Å². The first-order chi connectivity index (χ1) is 11.5. The Kier molecular flexibility index (Phi) is 6.18. The van der Waals surface area contributed by atoms with Gasteiger partial charge >= 0.3 is 0 Å². The van der Waals surface area contributed by atoms with Crippen LogP contribution in [-0.2, 0) is 4.79 Å². The molecule has 0 aromatic heterocycles. The number of halogens is 1. The SMILES string of the molecule is COc1ccccc1OCC(=O)N[C@@H](c1ccc(F)cc1)C(C)C. The van der Waals surface area contributed by atoms with Crippen molar-refractivity contribution in [2.45, 2.75) is 19.9 Å². The summed E-state index contributed by atoms with van der Waals surface area (Å²) >= 11 is 0. The molecule has 128 valence electrons. The summed E-state index contributed by atoms with van der Waals surface area (Å²) in [7, 11) is 1.55. The molecule has 2 rings (SSSR count). The van der Waals surface area contributed by atoms with Crippen molar-refractivity contribution in [3.63, 3.8) is 0 Å². The molecule has 0 aliphatic carbocycles. The first-order valence-corrected chi connectivity index (χ1v) is 7.82. The molecule has 1 atom stereocenters. The van der Waals surface area contributed by atoms with Crippen molar-refractivity contribution in [3.05, 3.63) is 59.9 Å². The minimum Gasteiger partial charge on any atom is -0.493 e. The highest BCUT2D eigenvalue weighted by Crippen LogP contribution is 2.26. The number of carbonyl (C=O) groups excluding carboxylic acids is 1. The van der Waals surface area contributed by atoms with Crippen LogP contribution in [0.2, 0.25) is 0 Å². The van der Waals surface area contributed by atoms with E-state index in [9.17, 15) is 9.18 Å². The van der Waals surface area contributed by atoms with Crippen LogP contribution < -0.4 is 14.8 Å². The van der Waals surface area contributed by atoms with E-state index >= 15 is 0 Å². The second-order valence-corrected chi connectivity index (χ2v) is 5.78. The Bertz CT molecular complexity index is 671. The molecule has 1 N–H and O–H groups in total. The maximum absolute atomic E-state index is 13.1. The van der Waals surface area contributed by atoms with Crippen LogP contribution in [0, 0.1) is 11.7 Å². The number of hydrogen-bond donors (Lipinski definition) is 1. The van der Waals surface area contributed by atoms with Crippen molar-refractivity contribution in [3.8, 4) is 11.5 Å². The van der Waals surface area contributed by atoms with Crippen molar-refractivity contribution >= 4 is 5.91 Å². The van der Waals surface area contributed by atoms with Crippen LogP contribution in [0.4, 0.5) is 4.39 Å². The maximum Gasteiger partial charge on any atom is 0.258 e. The minimum absolute atomic E-state index is 0.120. The standard InChI is InChI=1S/C19H22FNO3/c1-13(2)19(14-8-10-15(20)11-9-14)21-18(22)12-24-17-7-5-4-6-16(17)23-3/h4-11,13,19H,12H2,1-3H3,(H,21,22)/t19-/m1/s1. The summed E-state index contributed by atoms with van der Waals surface area (Å²) in [4.78, 5) is 12.2. The van der Waals surface area contributed by atoms with Gasteiger partial charge in [-0.05, 0) is 35.7 Å². The first-order valence-electron chi connectivity index (χ1n) is 7.82. The van der Waals surface area contributed by atoms with E-state index in [1.54, 1.807) is 31.4 Å². The Hall–Kier alpha value is -2.56. The Balaban J connectivity index is 1.99. The van der Waals surface area contributed by atoms with Gasteiger partial charge in [0.2, 0.25) is 0 Å². The summed E-state index contributed by atoms with van der Waals surface area (Å²) in [6, 6.07) is 13.1. The summed E-state index contributed by atoms with van der Waals surface area (Å²) in [5.41, 5.74) is 0.858. The van der Waals surface area contributed by atoms with E-state index in [2.05, 4.69) is 5.32 Å². The van der Waals surface area contributed by atoms with E-state index in [1.165, 1.54) is 12.1 Å². The molecule has 0 aliphatic rings. The number of rotatable bonds is 7. The second kappa shape index (κ2) is 8.34. The molecule has 0 radical (unpaired) electrons. The molecule has 1 amide bonds. The Morgan fingerprint density at radius 3 is 2.29 bits per heavy atom. The predicted molar refractivity (Wildman–Crippen MR) is 90.6 cm³/mol. The second-order valence-electron chi connectivity index (χ2n) is 5.78. The van der Waals surface area contributed by atoms with Crippen LogP contribution >= 0.6 is 0 Å². The van der Waals surface area contributed by atoms with Crippen molar-refractivity contribution in [2.24, 2.45) is 5.92 Å². The average molecular weight is 331 g/mol. The summed E-state index contributed by atoms with van der Waals surface area (Å²) in [6.07, 6.45) is 0. The van der Waals surface area contributed by atoms with Gasteiger partial charge in [-0.1, -0.05) is 38.1 Å². The van der Waals surface area contributed by atoms with Crippen LogP contribution in [0.25, 0.3) is 0 Å². The molecule has 0 spiro atoms. The Morgan fingerprint density at radius 2 is 1.71 bits per heavy atom. The van der Waals surface area contributed by atoms with Gasteiger partial charge in [0.05, 0.1) is 13.2 Å². The van der Waals surface area contributed by atoms with Crippen LogP contribution in [0.3, 0.4) is 0 Å². The maximum atomic E-state index is 13.1. The summed E-state index contributed by atoms with van der Waals surface area (Å²) in [6.45, 7) is 3.87. The lowest BCUT2D eigenvalue weighted by atomic mass is 9.96. The molecule has 5 heteroatoms. The fourth-order valence-corrected chi connectivity index (χ4v) is 2.40. The number of nitrogens with one attached hydrogen (secondary N) is 1. The largest absolute Gasteiger partial charge is 0.493 e. The lowest BCUT2D eigenvalue weighted by molar-refractivity contribution is -0.124. The lowest BCUT2D eigenvalue weighted by Gasteiger charge is -2.23. The normalized spacial score (nSPS) is 11.9. The molecule has 0 unspecified atom stereocenters. The zero-order valence-electron chi connectivity index (χ0n) is 14.1. The zero-order chi connectivity index (χ0) is 17.5. The highest BCUT2D eigenvalue weighted by atomic mass is 19.1. The fourth-order valence-electron chi connectivity index (χ4n) is 2.40. The molecule has 0 aliphatic heterocycles. The zero-order valence-corrected chi connectivity index (χ0v) is 14.1. The van der Waals surface area contributed by atoms with Gasteiger partial charge in [0, 0.05) is 0 Å². The number of carbonyl (C=O) groups is 1. The fraction of sp³-hybridized carbons (Fsp3) is 0.316. The Morgan fingerprint density at radius 1 is 1.08 bits per heavy atom. The molecule has 0 saturated heterocycles. The predicted octanol–water partition coefficient (Wildman–Crippen LogP) is 3.73. The molecule has 2 aromatic carbocycles. The molecular formula is C19H22FNO3. The van der Waals surface area contributed by atoms with Gasteiger partial charge < -0.3 is 14.8 Å². The number of benzene rings is 2. The Labute approximate surface area is 141 Å². The highest BCUT2D eigenvalue weighted by molar-refractivity contribution is 5.78. The minimum atomic E-state index is -0.299. The summed E-state index contributed by atoms with van der Waals surface area (Å²) in [5, 5.41) is 2.93. The van der Waals surface area contributed by atoms with Crippen molar-refractivity contribution in [1.82, 2.24) is 5.32 Å². The smallest absolute Gasteiger partial charge is 0.258 e. The van der Waals surface area contributed by atoms with E-state index in [0.717, 1.165) is 5.56 Å². The highest BCUT2D eigenvalue weighted by Gasteiger charge is 2.19. The summed E-state index contributed by atoms with van der Waals surface area (Å²) in [5.74, 6) is 0.698. The third-order valence-electron chi connectivity index (χ3n) is 3.64. The van der Waals surface area contributed by atoms with Gasteiger partial charge in [0.25, 0.3) is 5.91 Å². The van der Waals surface area contributed by atoms with E-state index in [4.69, 9.17) is 9.47 Å². The number of para-hydroxylation sites is 2. The van der Waals surface area contributed by atoms with E-state index in [-0.39, 0.29) is 30.3 Å². The number of amides is 1. The molecule has 4 nitrogen and oxygen atoms in total. The molecule has 0 saturated carbocycles. The van der Waals surface area contributed by atoms with Gasteiger partial charge in [0.15, 0.2) is 18.1 Å². The van der Waals surface area contributed by atoms with Crippen LogP contribution in [0.5, 0.6) is 11.5 Å². The van der Waals surface area contributed by atoms with Gasteiger partial charge in [-0.25, -0.2) is 4.39 Å². The monoisotopic (exact) mass is 331 g/mol. The molecular weight excluding hydrogens is 309 g/mol. The van der Waals surface area contributed by atoms with Crippen LogP contribution in [0.15, 0.2) is 48.5 Å².